The van der Waals surface area contributed by atoms with E-state index in [-0.39, 0.29) is 17.7 Å². The van der Waals surface area contributed by atoms with E-state index >= 15 is 0 Å². The number of nitriles is 1. The van der Waals surface area contributed by atoms with Gasteiger partial charge >= 0.3 is 6.09 Å². The number of benzene rings is 1. The fourth-order valence-electron chi connectivity index (χ4n) is 2.76. The van der Waals surface area contributed by atoms with E-state index in [4.69, 9.17) is 21.1 Å². The zero-order chi connectivity index (χ0) is 20.5. The lowest BCUT2D eigenvalue weighted by molar-refractivity contribution is -0.112. The van der Waals surface area contributed by atoms with Gasteiger partial charge < -0.3 is 25.0 Å². The van der Waals surface area contributed by atoms with Crippen LogP contribution in [0, 0.1) is 11.3 Å². The second-order valence-electron chi connectivity index (χ2n) is 6.10. The summed E-state index contributed by atoms with van der Waals surface area (Å²) in [7, 11) is 1.48. The normalized spacial score (nSPS) is 14.8. The van der Waals surface area contributed by atoms with E-state index in [1.54, 1.807) is 30.0 Å². The summed E-state index contributed by atoms with van der Waals surface area (Å²) in [5.41, 5.74) is 0.304. The smallest absolute Gasteiger partial charge is 0.409 e. The first-order valence-corrected chi connectivity index (χ1v) is 9.29. The second kappa shape index (κ2) is 10.4. The number of ether oxygens (including phenoxy) is 2. The van der Waals surface area contributed by atoms with Crippen molar-refractivity contribution in [2.75, 3.05) is 32.1 Å². The number of rotatable bonds is 6. The Morgan fingerprint density at radius 3 is 2.71 bits per heavy atom. The van der Waals surface area contributed by atoms with Gasteiger partial charge in [-0.2, -0.15) is 5.26 Å². The molecule has 2 amide bonds. The highest BCUT2D eigenvalue weighted by Gasteiger charge is 2.23. The highest BCUT2D eigenvalue weighted by Crippen LogP contribution is 2.28. The molecule has 150 valence electrons. The van der Waals surface area contributed by atoms with Crippen molar-refractivity contribution < 1.29 is 19.1 Å². The predicted octanol–water partition coefficient (Wildman–Crippen LogP) is 2.91. The van der Waals surface area contributed by atoms with Crippen molar-refractivity contribution in [2.24, 2.45) is 0 Å². The van der Waals surface area contributed by atoms with Crippen LogP contribution in [-0.4, -0.2) is 49.7 Å². The molecule has 9 heteroatoms. The molecule has 1 fully saturated rings. The van der Waals surface area contributed by atoms with Crippen molar-refractivity contribution in [1.82, 2.24) is 10.2 Å². The summed E-state index contributed by atoms with van der Waals surface area (Å²) >= 11 is 5.95. The monoisotopic (exact) mass is 406 g/mol. The van der Waals surface area contributed by atoms with Crippen molar-refractivity contribution in [3.05, 3.63) is 35.0 Å². The Balaban J connectivity index is 1.94. The molecule has 1 heterocycles. The molecule has 0 aliphatic carbocycles. The van der Waals surface area contributed by atoms with Gasteiger partial charge in [0.25, 0.3) is 5.91 Å². The number of hydrogen-bond acceptors (Lipinski definition) is 6. The molecular weight excluding hydrogens is 384 g/mol. The van der Waals surface area contributed by atoms with Crippen LogP contribution in [0.3, 0.4) is 0 Å². The van der Waals surface area contributed by atoms with Gasteiger partial charge in [0.1, 0.15) is 17.4 Å². The van der Waals surface area contributed by atoms with E-state index in [1.165, 1.54) is 13.3 Å². The second-order valence-corrected chi connectivity index (χ2v) is 6.53. The van der Waals surface area contributed by atoms with Crippen molar-refractivity contribution >= 4 is 29.3 Å². The SMILES string of the molecule is CCOC(=O)N1CCC(N/C=C(/C#N)C(=O)Nc2cc(Cl)ccc2OC)CC1. The van der Waals surface area contributed by atoms with Crippen molar-refractivity contribution in [2.45, 2.75) is 25.8 Å². The van der Waals surface area contributed by atoms with E-state index in [9.17, 15) is 14.9 Å². The van der Waals surface area contributed by atoms with Crippen LogP contribution >= 0.6 is 11.6 Å². The van der Waals surface area contributed by atoms with E-state index in [0.29, 0.717) is 49.0 Å². The largest absolute Gasteiger partial charge is 0.495 e. The lowest BCUT2D eigenvalue weighted by atomic mass is 10.1. The van der Waals surface area contributed by atoms with Gasteiger partial charge in [-0.25, -0.2) is 4.79 Å². The van der Waals surface area contributed by atoms with E-state index in [2.05, 4.69) is 10.6 Å². The average Bonchev–Trinajstić information content (AvgIpc) is 2.69. The number of nitrogens with zero attached hydrogens (tertiary/aromatic N) is 2. The van der Waals surface area contributed by atoms with Gasteiger partial charge in [-0.15, -0.1) is 0 Å². The zero-order valence-electron chi connectivity index (χ0n) is 15.8. The quantitative estimate of drug-likeness (QED) is 0.556. The number of piperidine rings is 1. The molecular formula is C19H23ClN4O4. The molecule has 1 saturated heterocycles. The first kappa shape index (κ1) is 21.4. The Morgan fingerprint density at radius 1 is 1.39 bits per heavy atom. The number of nitrogens with one attached hydrogen (secondary N) is 2. The molecule has 0 radical (unpaired) electrons. The number of carbonyl (C=O) groups excluding carboxylic acids is 2. The number of carbonyl (C=O) groups is 2. The van der Waals surface area contributed by atoms with Gasteiger partial charge in [0.05, 0.1) is 19.4 Å². The van der Waals surface area contributed by atoms with Crippen LogP contribution in [0.2, 0.25) is 5.02 Å². The fraction of sp³-hybridized carbons (Fsp3) is 0.421. The lowest BCUT2D eigenvalue weighted by Gasteiger charge is -2.31. The predicted molar refractivity (Wildman–Crippen MR) is 105 cm³/mol. The molecule has 0 atom stereocenters. The third-order valence-electron chi connectivity index (χ3n) is 4.26. The molecule has 2 rings (SSSR count). The average molecular weight is 407 g/mol. The third kappa shape index (κ3) is 5.79. The maximum Gasteiger partial charge on any atom is 0.409 e. The molecule has 1 aromatic rings. The maximum absolute atomic E-state index is 12.4. The molecule has 0 spiro atoms. The Hall–Kier alpha value is -2.92. The molecule has 8 nitrogen and oxygen atoms in total. The molecule has 2 N–H and O–H groups in total. The van der Waals surface area contributed by atoms with Gasteiger partial charge in [0.2, 0.25) is 0 Å². The minimum atomic E-state index is -0.570. The topological polar surface area (TPSA) is 104 Å². The minimum absolute atomic E-state index is 0.0579. The molecule has 1 aliphatic rings. The number of likely N-dealkylation sites (tertiary alicyclic amines) is 1. The Morgan fingerprint density at radius 2 is 2.11 bits per heavy atom. The molecule has 0 aromatic heterocycles. The third-order valence-corrected chi connectivity index (χ3v) is 4.49. The lowest BCUT2D eigenvalue weighted by Crippen LogP contribution is -2.44. The Kier molecular flexibility index (Phi) is 7.96. The highest BCUT2D eigenvalue weighted by atomic mass is 35.5. The number of anilines is 1. The molecule has 0 bridgehead atoms. The van der Waals surface area contributed by atoms with Gasteiger partial charge in [0.15, 0.2) is 0 Å². The van der Waals surface area contributed by atoms with Crippen LogP contribution in [0.1, 0.15) is 19.8 Å². The summed E-state index contributed by atoms with van der Waals surface area (Å²) in [5.74, 6) is -0.131. The molecule has 28 heavy (non-hydrogen) atoms. The summed E-state index contributed by atoms with van der Waals surface area (Å²) in [6, 6.07) is 6.76. The summed E-state index contributed by atoms with van der Waals surface area (Å²) in [6.45, 7) is 3.22. The van der Waals surface area contributed by atoms with Crippen molar-refractivity contribution in [3.63, 3.8) is 0 Å². The fourth-order valence-corrected chi connectivity index (χ4v) is 2.93. The summed E-state index contributed by atoms with van der Waals surface area (Å²) in [5, 5.41) is 15.5. The molecule has 1 aromatic carbocycles. The van der Waals surface area contributed by atoms with Gasteiger partial charge in [-0.1, -0.05) is 11.6 Å². The maximum atomic E-state index is 12.4. The van der Waals surface area contributed by atoms with Crippen LogP contribution in [0.4, 0.5) is 10.5 Å². The number of halogens is 1. The first-order valence-electron chi connectivity index (χ1n) is 8.91. The summed E-state index contributed by atoms with van der Waals surface area (Å²) in [6.07, 6.45) is 2.47. The van der Waals surface area contributed by atoms with E-state index < -0.39 is 5.91 Å². The van der Waals surface area contributed by atoms with Crippen LogP contribution in [0.15, 0.2) is 30.0 Å². The van der Waals surface area contributed by atoms with Crippen LogP contribution < -0.4 is 15.4 Å². The Labute approximate surface area is 169 Å². The highest BCUT2D eigenvalue weighted by molar-refractivity contribution is 6.31. The van der Waals surface area contributed by atoms with Crippen molar-refractivity contribution in [1.29, 1.82) is 5.26 Å². The van der Waals surface area contributed by atoms with Gasteiger partial charge in [-0.3, -0.25) is 4.79 Å². The van der Waals surface area contributed by atoms with E-state index in [0.717, 1.165) is 0 Å². The van der Waals surface area contributed by atoms with E-state index in [1.807, 2.05) is 6.07 Å². The van der Waals surface area contributed by atoms with Crippen LogP contribution in [0.5, 0.6) is 5.75 Å². The number of amides is 2. The van der Waals surface area contributed by atoms with Gasteiger partial charge in [0, 0.05) is 30.4 Å². The number of hydrogen-bond donors (Lipinski definition) is 2. The molecule has 0 saturated carbocycles. The number of methoxy groups -OCH3 is 1. The minimum Gasteiger partial charge on any atom is -0.495 e. The Bertz CT molecular complexity index is 783. The zero-order valence-corrected chi connectivity index (χ0v) is 16.6. The van der Waals surface area contributed by atoms with Crippen LogP contribution in [-0.2, 0) is 9.53 Å². The molecule has 0 unspecified atom stereocenters. The van der Waals surface area contributed by atoms with Gasteiger partial charge in [-0.05, 0) is 38.0 Å². The standard InChI is InChI=1S/C19H23ClN4O4/c1-3-28-19(26)24-8-6-15(7-9-24)22-12-13(11-21)18(25)23-16-10-14(20)4-5-17(16)27-2/h4-5,10,12,15,22H,3,6-9H2,1-2H3,(H,23,25)/b13-12-. The first-order chi connectivity index (χ1) is 13.5. The van der Waals surface area contributed by atoms with Crippen molar-refractivity contribution in [3.8, 4) is 11.8 Å². The van der Waals surface area contributed by atoms with Crippen LogP contribution in [0.25, 0.3) is 0 Å². The summed E-state index contributed by atoms with van der Waals surface area (Å²) < 4.78 is 10.2. The molecule has 1 aliphatic heterocycles. The summed E-state index contributed by atoms with van der Waals surface area (Å²) in [4.78, 5) is 25.8.